The van der Waals surface area contributed by atoms with Crippen molar-refractivity contribution in [1.29, 1.82) is 0 Å². The van der Waals surface area contributed by atoms with E-state index in [1.807, 2.05) is 28.6 Å². The number of imidazole rings is 1. The normalized spacial score (nSPS) is 16.2. The van der Waals surface area contributed by atoms with Gasteiger partial charge in [0.25, 0.3) is 0 Å². The Kier molecular flexibility index (Phi) is 4.63. The second-order valence-corrected chi connectivity index (χ2v) is 6.43. The number of hydrogen-bond donors (Lipinski definition) is 1. The fourth-order valence-electron chi connectivity index (χ4n) is 2.98. The van der Waals surface area contributed by atoms with Crippen molar-refractivity contribution in [3.05, 3.63) is 47.3 Å². The summed E-state index contributed by atoms with van der Waals surface area (Å²) in [5.74, 6) is 0.626. The largest absolute Gasteiger partial charge is 0.379 e. The lowest BCUT2D eigenvalue weighted by Crippen LogP contribution is -2.34. The first-order valence-corrected chi connectivity index (χ1v) is 8.12. The first kappa shape index (κ1) is 16.0. The number of allylic oxidation sites excluding steroid dienone is 1. The van der Waals surface area contributed by atoms with E-state index in [0.29, 0.717) is 11.5 Å². The zero-order chi connectivity index (χ0) is 16.4. The predicted octanol–water partition coefficient (Wildman–Crippen LogP) is 1.87. The van der Waals surface area contributed by atoms with Crippen LogP contribution in [-0.4, -0.2) is 42.4 Å². The molecule has 0 radical (unpaired) electrons. The topological polar surface area (TPSA) is 59.1 Å². The van der Waals surface area contributed by atoms with Crippen LogP contribution in [0.4, 0.5) is 0 Å². The molecule has 0 fully saturated rings. The van der Waals surface area contributed by atoms with E-state index in [1.165, 1.54) is 5.57 Å². The van der Waals surface area contributed by atoms with E-state index < -0.39 is 6.10 Å². The summed E-state index contributed by atoms with van der Waals surface area (Å²) in [5, 5.41) is 15.1. The second kappa shape index (κ2) is 6.68. The molecule has 0 bridgehead atoms. The molecule has 6 nitrogen and oxygen atoms in total. The van der Waals surface area contributed by atoms with Gasteiger partial charge >= 0.3 is 0 Å². The monoisotopic (exact) mass is 315 g/mol. The number of hydrogen-bond acceptors (Lipinski definition) is 4. The van der Waals surface area contributed by atoms with Gasteiger partial charge in [0.15, 0.2) is 6.10 Å². The first-order chi connectivity index (χ1) is 11.0. The minimum Gasteiger partial charge on any atom is -0.379 e. The van der Waals surface area contributed by atoms with Gasteiger partial charge in [-0.2, -0.15) is 5.10 Å². The summed E-state index contributed by atoms with van der Waals surface area (Å²) in [6, 6.07) is 2.01. The van der Waals surface area contributed by atoms with Crippen molar-refractivity contribution in [2.75, 3.05) is 13.1 Å². The molecule has 3 heterocycles. The van der Waals surface area contributed by atoms with Gasteiger partial charge in [-0.3, -0.25) is 9.58 Å². The summed E-state index contributed by atoms with van der Waals surface area (Å²) in [6.07, 6.45) is 6.12. The minimum absolute atomic E-state index is 0.626. The van der Waals surface area contributed by atoms with Crippen molar-refractivity contribution in [1.82, 2.24) is 24.2 Å². The molecule has 1 unspecified atom stereocenters. The van der Waals surface area contributed by atoms with Gasteiger partial charge in [0.2, 0.25) is 0 Å². The van der Waals surface area contributed by atoms with Crippen molar-refractivity contribution < 1.29 is 5.11 Å². The lowest BCUT2D eigenvalue weighted by atomic mass is 10.2. The Labute approximate surface area is 137 Å². The molecule has 1 N–H and O–H groups in total. The van der Waals surface area contributed by atoms with E-state index in [0.717, 1.165) is 38.3 Å². The summed E-state index contributed by atoms with van der Waals surface area (Å²) in [7, 11) is 1.88. The van der Waals surface area contributed by atoms with Crippen LogP contribution in [0.2, 0.25) is 0 Å². The van der Waals surface area contributed by atoms with Crippen LogP contribution in [-0.2, 0) is 20.1 Å². The van der Waals surface area contributed by atoms with Gasteiger partial charge in [-0.05, 0) is 26.3 Å². The molecule has 2 aromatic heterocycles. The quantitative estimate of drug-likeness (QED) is 0.856. The van der Waals surface area contributed by atoms with Gasteiger partial charge in [-0.1, -0.05) is 11.6 Å². The van der Waals surface area contributed by atoms with Crippen LogP contribution < -0.4 is 0 Å². The fraction of sp³-hybridized carbons (Fsp3) is 0.529. The Hall–Kier alpha value is -1.92. The van der Waals surface area contributed by atoms with E-state index in [-0.39, 0.29) is 0 Å². The zero-order valence-corrected chi connectivity index (χ0v) is 14.1. The Morgan fingerprint density at radius 1 is 1.39 bits per heavy atom. The maximum Gasteiger partial charge on any atom is 0.155 e. The highest BCUT2D eigenvalue weighted by Crippen LogP contribution is 2.22. The predicted molar refractivity (Wildman–Crippen MR) is 88.8 cm³/mol. The minimum atomic E-state index is -0.771. The molecule has 124 valence electrons. The van der Waals surface area contributed by atoms with E-state index >= 15 is 0 Å². The van der Waals surface area contributed by atoms with Gasteiger partial charge < -0.3 is 9.67 Å². The molecular formula is C17H25N5O. The Bertz CT molecular complexity index is 696. The summed E-state index contributed by atoms with van der Waals surface area (Å²) in [4.78, 5) is 6.65. The number of nitrogens with zero attached hydrogens (tertiary/aromatic N) is 5. The van der Waals surface area contributed by atoms with Crippen molar-refractivity contribution in [3.63, 3.8) is 0 Å². The van der Waals surface area contributed by atoms with Crippen LogP contribution >= 0.6 is 0 Å². The molecule has 1 aliphatic heterocycles. The third-order valence-corrected chi connectivity index (χ3v) is 4.28. The van der Waals surface area contributed by atoms with Crippen LogP contribution in [0, 0.1) is 0 Å². The molecule has 1 aliphatic rings. The van der Waals surface area contributed by atoms with Crippen molar-refractivity contribution in [2.24, 2.45) is 7.05 Å². The maximum absolute atomic E-state index is 10.5. The molecule has 0 saturated heterocycles. The highest BCUT2D eigenvalue weighted by molar-refractivity contribution is 5.19. The van der Waals surface area contributed by atoms with Gasteiger partial charge in [-0.25, -0.2) is 4.98 Å². The zero-order valence-electron chi connectivity index (χ0n) is 14.1. The van der Waals surface area contributed by atoms with Gasteiger partial charge in [-0.15, -0.1) is 0 Å². The third kappa shape index (κ3) is 3.54. The average Bonchev–Trinajstić information content (AvgIpc) is 3.11. The Morgan fingerprint density at radius 2 is 2.22 bits per heavy atom. The molecule has 2 aromatic rings. The SMILES string of the molecule is CC(C)=CCCN1CCn2nc(C(O)c3nccn3C)cc2C1. The van der Waals surface area contributed by atoms with Crippen molar-refractivity contribution in [2.45, 2.75) is 39.5 Å². The highest BCUT2D eigenvalue weighted by Gasteiger charge is 2.23. The fourth-order valence-corrected chi connectivity index (χ4v) is 2.98. The highest BCUT2D eigenvalue weighted by atomic mass is 16.3. The van der Waals surface area contributed by atoms with Crippen LogP contribution in [0.25, 0.3) is 0 Å². The maximum atomic E-state index is 10.5. The number of aliphatic hydroxyl groups excluding tert-OH is 1. The molecule has 0 spiro atoms. The summed E-state index contributed by atoms with van der Waals surface area (Å²) in [5.41, 5.74) is 3.21. The van der Waals surface area contributed by atoms with E-state index in [1.54, 1.807) is 6.20 Å². The lowest BCUT2D eigenvalue weighted by Gasteiger charge is -2.27. The summed E-state index contributed by atoms with van der Waals surface area (Å²) in [6.45, 7) is 8.10. The standard InChI is InChI=1S/C17H25N5O/c1-13(2)5-4-7-21-9-10-22-14(12-21)11-15(19-22)16(23)17-18-6-8-20(17)3/h5-6,8,11,16,23H,4,7,9-10,12H2,1-3H3. The van der Waals surface area contributed by atoms with Crippen LogP contribution in [0.15, 0.2) is 30.1 Å². The Balaban J connectivity index is 1.69. The first-order valence-electron chi connectivity index (χ1n) is 8.12. The molecule has 3 rings (SSSR count). The van der Waals surface area contributed by atoms with Crippen molar-refractivity contribution in [3.8, 4) is 0 Å². The van der Waals surface area contributed by atoms with Crippen LogP contribution in [0.1, 0.15) is 43.6 Å². The van der Waals surface area contributed by atoms with Gasteiger partial charge in [0.1, 0.15) is 5.82 Å². The van der Waals surface area contributed by atoms with E-state index in [4.69, 9.17) is 0 Å². The Morgan fingerprint density at radius 3 is 2.91 bits per heavy atom. The van der Waals surface area contributed by atoms with Crippen molar-refractivity contribution >= 4 is 0 Å². The van der Waals surface area contributed by atoms with Crippen LogP contribution in [0.3, 0.4) is 0 Å². The third-order valence-electron chi connectivity index (χ3n) is 4.28. The number of aliphatic hydroxyl groups is 1. The molecular weight excluding hydrogens is 290 g/mol. The second-order valence-electron chi connectivity index (χ2n) is 6.43. The molecule has 6 heteroatoms. The van der Waals surface area contributed by atoms with Gasteiger partial charge in [0, 0.05) is 39.1 Å². The summed E-state index contributed by atoms with van der Waals surface area (Å²) < 4.78 is 3.84. The average molecular weight is 315 g/mol. The van der Waals surface area contributed by atoms with Gasteiger partial charge in [0.05, 0.1) is 17.9 Å². The molecule has 0 aliphatic carbocycles. The van der Waals surface area contributed by atoms with Crippen LogP contribution in [0.5, 0.6) is 0 Å². The molecule has 0 amide bonds. The number of aromatic nitrogens is 4. The van der Waals surface area contributed by atoms with E-state index in [9.17, 15) is 5.11 Å². The molecule has 23 heavy (non-hydrogen) atoms. The number of aryl methyl sites for hydroxylation is 1. The molecule has 0 aromatic carbocycles. The lowest BCUT2D eigenvalue weighted by molar-refractivity contribution is 0.197. The smallest absolute Gasteiger partial charge is 0.155 e. The number of rotatable bonds is 5. The van der Waals surface area contributed by atoms with E-state index in [2.05, 4.69) is 34.9 Å². The molecule has 1 atom stereocenters. The molecule has 0 saturated carbocycles. The summed E-state index contributed by atoms with van der Waals surface area (Å²) >= 11 is 0. The number of fused-ring (bicyclic) bond motifs is 1.